The topological polar surface area (TPSA) is 158 Å². The van der Waals surface area contributed by atoms with Crippen molar-refractivity contribution in [3.8, 4) is 0 Å². The molecule has 1 heterocycles. The molecule has 3 atom stereocenters. The first-order valence-corrected chi connectivity index (χ1v) is 13.0. The quantitative estimate of drug-likeness (QED) is 0.182. The van der Waals surface area contributed by atoms with Gasteiger partial charge in [-0.25, -0.2) is 0 Å². The molecule has 1 aromatic rings. The lowest BCUT2D eigenvalue weighted by Crippen LogP contribution is -2.29. The zero-order valence-electron chi connectivity index (χ0n) is 21.4. The van der Waals surface area contributed by atoms with Gasteiger partial charge >= 0.3 is 0 Å². The fourth-order valence-electron chi connectivity index (χ4n) is 3.77. The van der Waals surface area contributed by atoms with Crippen molar-refractivity contribution >= 4 is 17.8 Å². The smallest absolute Gasteiger partial charge is 0.231 e. The number of rotatable bonds is 20. The maximum Gasteiger partial charge on any atom is 0.231 e. The number of aromatic nitrogens is 3. The van der Waals surface area contributed by atoms with Crippen LogP contribution in [-0.4, -0.2) is 52.7 Å². The Morgan fingerprint density at radius 2 is 1.15 bits per heavy atom. The van der Waals surface area contributed by atoms with Gasteiger partial charge in [0.15, 0.2) is 0 Å². The van der Waals surface area contributed by atoms with Crippen molar-refractivity contribution in [2.45, 2.75) is 116 Å². The van der Waals surface area contributed by atoms with Gasteiger partial charge in [0, 0.05) is 37.8 Å². The zero-order valence-corrected chi connectivity index (χ0v) is 21.4. The van der Waals surface area contributed by atoms with Crippen LogP contribution in [0, 0.1) is 0 Å². The van der Waals surface area contributed by atoms with Gasteiger partial charge in [-0.05, 0) is 59.3 Å². The normalized spacial score (nSPS) is 14.1. The van der Waals surface area contributed by atoms with Crippen molar-refractivity contribution in [3.63, 3.8) is 0 Å². The fraction of sp³-hybridized carbons (Fsp3) is 0.875. The van der Waals surface area contributed by atoms with Gasteiger partial charge in [-0.3, -0.25) is 0 Å². The number of nitrogens with two attached hydrogens (primary N) is 4. The maximum atomic E-state index is 6.03. The Kier molecular flexibility index (Phi) is 15.7. The predicted molar refractivity (Wildman–Crippen MR) is 141 cm³/mol. The van der Waals surface area contributed by atoms with Crippen LogP contribution < -0.4 is 33.2 Å². The lowest BCUT2D eigenvalue weighted by molar-refractivity contribution is 0.552. The number of nitrogen functional groups attached to an aromatic ring is 1. The summed E-state index contributed by atoms with van der Waals surface area (Å²) in [5.41, 5.74) is 23.6. The van der Waals surface area contributed by atoms with Crippen LogP contribution in [0.3, 0.4) is 0 Å². The Morgan fingerprint density at radius 1 is 0.667 bits per heavy atom. The Labute approximate surface area is 201 Å². The molecule has 0 saturated heterocycles. The highest BCUT2D eigenvalue weighted by atomic mass is 15.3. The molecule has 0 bridgehead atoms. The van der Waals surface area contributed by atoms with Gasteiger partial charge in [0.25, 0.3) is 0 Å². The molecular formula is C24H51N9. The lowest BCUT2D eigenvalue weighted by Gasteiger charge is -2.23. The maximum absolute atomic E-state index is 6.03. The van der Waals surface area contributed by atoms with Crippen LogP contribution in [0.15, 0.2) is 0 Å². The van der Waals surface area contributed by atoms with Crippen molar-refractivity contribution in [1.29, 1.82) is 0 Å². The molecule has 0 aliphatic rings. The molecule has 9 heteroatoms. The van der Waals surface area contributed by atoms with E-state index in [1.165, 1.54) is 0 Å². The molecule has 0 spiro atoms. The van der Waals surface area contributed by atoms with Gasteiger partial charge in [-0.15, -0.1) is 0 Å². The summed E-state index contributed by atoms with van der Waals surface area (Å²) in [4.78, 5) is 15.7. The van der Waals surface area contributed by atoms with Crippen molar-refractivity contribution in [2.24, 2.45) is 17.2 Å². The molecule has 3 unspecified atom stereocenters. The molecule has 1 rings (SSSR count). The molecule has 0 aromatic carbocycles. The minimum atomic E-state index is 0.262. The van der Waals surface area contributed by atoms with E-state index in [1.54, 1.807) is 0 Å². The van der Waals surface area contributed by atoms with E-state index < -0.39 is 0 Å². The summed E-state index contributed by atoms with van der Waals surface area (Å²) in [6, 6.07) is 0.802. The van der Waals surface area contributed by atoms with E-state index in [0.29, 0.717) is 11.9 Å². The highest BCUT2D eigenvalue weighted by Crippen LogP contribution is 2.16. The van der Waals surface area contributed by atoms with E-state index in [4.69, 9.17) is 22.9 Å². The summed E-state index contributed by atoms with van der Waals surface area (Å²) in [5, 5.41) is 3.32. The Hall–Kier alpha value is -1.71. The summed E-state index contributed by atoms with van der Waals surface area (Å²) < 4.78 is 0. The second-order valence-corrected chi connectivity index (χ2v) is 9.71. The van der Waals surface area contributed by atoms with Crippen molar-refractivity contribution in [1.82, 2.24) is 15.0 Å². The second-order valence-electron chi connectivity index (χ2n) is 9.71. The monoisotopic (exact) mass is 465 g/mol. The minimum Gasteiger partial charge on any atom is -0.368 e. The van der Waals surface area contributed by atoms with Crippen LogP contribution in [0.5, 0.6) is 0 Å². The second kappa shape index (κ2) is 17.7. The molecule has 0 aliphatic carbocycles. The third kappa shape index (κ3) is 15.7. The van der Waals surface area contributed by atoms with E-state index in [1.807, 2.05) is 0 Å². The first-order valence-electron chi connectivity index (χ1n) is 13.0. The number of hydrogen-bond acceptors (Lipinski definition) is 9. The molecule has 0 fully saturated rings. The standard InChI is InChI=1S/C24H51N9/c1-19(25)13-7-4-10-16-29-23-30-22(28)31-24(32-23)33(17-11-5-8-14-20(2)26)18-12-6-9-15-21(3)27/h19-21H,4-18,25-27H2,1-3H3,(H3,28,29,30,31,32). The molecule has 9 N–H and O–H groups in total. The predicted octanol–water partition coefficient (Wildman–Crippen LogP) is 3.39. The minimum absolute atomic E-state index is 0.262. The van der Waals surface area contributed by atoms with Crippen molar-refractivity contribution in [3.05, 3.63) is 0 Å². The highest BCUT2D eigenvalue weighted by Gasteiger charge is 2.13. The molecule has 0 amide bonds. The average Bonchev–Trinajstić information content (AvgIpc) is 2.73. The first kappa shape index (κ1) is 29.3. The molecular weight excluding hydrogens is 414 g/mol. The highest BCUT2D eigenvalue weighted by molar-refractivity contribution is 5.41. The number of unbranched alkanes of at least 4 members (excludes halogenated alkanes) is 6. The molecule has 192 valence electrons. The summed E-state index contributed by atoms with van der Waals surface area (Å²) in [7, 11) is 0. The molecule has 0 aliphatic heterocycles. The SMILES string of the molecule is CC(N)CCCCCNc1nc(N)nc(N(CCCCCC(C)N)CCCCCC(C)N)n1. The largest absolute Gasteiger partial charge is 0.368 e. The van der Waals surface area contributed by atoms with Gasteiger partial charge in [-0.1, -0.05) is 38.5 Å². The van der Waals surface area contributed by atoms with Crippen LogP contribution in [-0.2, 0) is 0 Å². The van der Waals surface area contributed by atoms with E-state index in [-0.39, 0.29) is 24.1 Å². The van der Waals surface area contributed by atoms with Crippen molar-refractivity contribution in [2.75, 3.05) is 35.6 Å². The molecule has 33 heavy (non-hydrogen) atoms. The van der Waals surface area contributed by atoms with E-state index in [2.05, 4.69) is 45.9 Å². The van der Waals surface area contributed by atoms with Gasteiger partial charge in [0.2, 0.25) is 17.8 Å². The van der Waals surface area contributed by atoms with E-state index in [9.17, 15) is 0 Å². The van der Waals surface area contributed by atoms with Crippen LogP contribution in [0.2, 0.25) is 0 Å². The molecule has 1 aromatic heterocycles. The lowest BCUT2D eigenvalue weighted by atomic mass is 10.1. The van der Waals surface area contributed by atoms with E-state index >= 15 is 0 Å². The third-order valence-corrected chi connectivity index (χ3v) is 5.72. The summed E-state index contributed by atoms with van der Waals surface area (Å²) >= 11 is 0. The Balaban J connectivity index is 2.62. The van der Waals surface area contributed by atoms with Gasteiger partial charge in [0.1, 0.15) is 0 Å². The van der Waals surface area contributed by atoms with Crippen LogP contribution in [0.1, 0.15) is 97.8 Å². The van der Waals surface area contributed by atoms with Gasteiger partial charge in [-0.2, -0.15) is 15.0 Å². The first-order chi connectivity index (χ1) is 15.8. The van der Waals surface area contributed by atoms with Gasteiger partial charge in [0.05, 0.1) is 0 Å². The number of hydrogen-bond donors (Lipinski definition) is 5. The van der Waals surface area contributed by atoms with E-state index in [0.717, 1.165) is 96.7 Å². The summed E-state index contributed by atoms with van der Waals surface area (Å²) in [5.74, 6) is 1.49. The number of anilines is 3. The van der Waals surface area contributed by atoms with Crippen LogP contribution >= 0.6 is 0 Å². The summed E-state index contributed by atoms with van der Waals surface area (Å²) in [6.07, 6.45) is 13.3. The average molecular weight is 466 g/mol. The van der Waals surface area contributed by atoms with Gasteiger partial charge < -0.3 is 33.2 Å². The third-order valence-electron chi connectivity index (χ3n) is 5.72. The van der Waals surface area contributed by atoms with Crippen LogP contribution in [0.25, 0.3) is 0 Å². The van der Waals surface area contributed by atoms with Crippen molar-refractivity contribution < 1.29 is 0 Å². The Morgan fingerprint density at radius 3 is 1.64 bits per heavy atom. The summed E-state index contributed by atoms with van der Waals surface area (Å²) in [6.45, 7) is 8.82. The molecule has 9 nitrogen and oxygen atoms in total. The zero-order chi connectivity index (χ0) is 24.5. The Bertz CT molecular complexity index is 590. The van der Waals surface area contributed by atoms with Crippen LogP contribution in [0.4, 0.5) is 17.8 Å². The molecule has 0 radical (unpaired) electrons. The number of nitrogens with zero attached hydrogens (tertiary/aromatic N) is 4. The molecule has 0 saturated carbocycles. The fourth-order valence-corrected chi connectivity index (χ4v) is 3.77. The number of nitrogens with one attached hydrogen (secondary N) is 1.